The van der Waals surface area contributed by atoms with Gasteiger partial charge in [0.05, 0.1) is 6.61 Å². The number of ketones is 1. The number of benzene rings is 2. The fourth-order valence-corrected chi connectivity index (χ4v) is 1.79. The van der Waals surface area contributed by atoms with E-state index in [1.807, 2.05) is 6.92 Å². The third kappa shape index (κ3) is 3.75. The third-order valence-electron chi connectivity index (χ3n) is 2.85. The number of ether oxygens (including phenoxy) is 1. The molecule has 0 amide bonds. The van der Waals surface area contributed by atoms with Crippen molar-refractivity contribution in [3.8, 4) is 5.75 Å². The van der Waals surface area contributed by atoms with Crippen LogP contribution in [0.2, 0.25) is 0 Å². The van der Waals surface area contributed by atoms with Crippen LogP contribution in [0.3, 0.4) is 0 Å². The molecule has 0 N–H and O–H groups in total. The zero-order chi connectivity index (χ0) is 15.2. The van der Waals surface area contributed by atoms with Crippen LogP contribution in [0.5, 0.6) is 5.75 Å². The van der Waals surface area contributed by atoms with Crippen molar-refractivity contribution in [2.24, 2.45) is 0 Å². The van der Waals surface area contributed by atoms with Gasteiger partial charge < -0.3 is 4.74 Å². The summed E-state index contributed by atoms with van der Waals surface area (Å²) in [5, 5.41) is 0. The topological polar surface area (TPSA) is 26.3 Å². The molecule has 108 valence electrons. The van der Waals surface area contributed by atoms with Crippen molar-refractivity contribution in [3.63, 3.8) is 0 Å². The molecule has 0 spiro atoms. The van der Waals surface area contributed by atoms with Crippen molar-refractivity contribution in [1.29, 1.82) is 0 Å². The fourth-order valence-electron chi connectivity index (χ4n) is 1.79. The second-order valence-corrected chi connectivity index (χ2v) is 4.30. The Labute approximate surface area is 121 Å². The summed E-state index contributed by atoms with van der Waals surface area (Å²) in [5.41, 5.74) is 0.487. The number of hydrogen-bond donors (Lipinski definition) is 0. The third-order valence-corrected chi connectivity index (χ3v) is 2.85. The van der Waals surface area contributed by atoms with E-state index in [0.717, 1.165) is 6.07 Å². The number of allylic oxidation sites excluding steroid dienone is 1. The first-order valence-electron chi connectivity index (χ1n) is 6.51. The van der Waals surface area contributed by atoms with Gasteiger partial charge in [0.25, 0.3) is 0 Å². The lowest BCUT2D eigenvalue weighted by molar-refractivity contribution is 0.104. The summed E-state index contributed by atoms with van der Waals surface area (Å²) in [6.07, 6.45) is 2.48. The molecule has 4 heteroatoms. The highest BCUT2D eigenvalue weighted by Gasteiger charge is 2.06. The number of halogens is 2. The first-order valence-corrected chi connectivity index (χ1v) is 6.51. The van der Waals surface area contributed by atoms with Crippen LogP contribution in [-0.2, 0) is 0 Å². The molecule has 2 aromatic carbocycles. The fraction of sp³-hybridized carbons (Fsp3) is 0.118. The smallest absolute Gasteiger partial charge is 0.185 e. The molecule has 0 bridgehead atoms. The number of hydrogen-bond acceptors (Lipinski definition) is 2. The van der Waals surface area contributed by atoms with Crippen LogP contribution in [0.4, 0.5) is 8.78 Å². The summed E-state index contributed by atoms with van der Waals surface area (Å²) in [6, 6.07) is 10.4. The molecule has 0 atom stereocenters. The molecule has 0 fully saturated rings. The lowest BCUT2D eigenvalue weighted by Gasteiger charge is -2.03. The first kappa shape index (κ1) is 14.9. The molecular formula is C17H14F2O2. The molecule has 0 unspecified atom stereocenters. The van der Waals surface area contributed by atoms with E-state index in [0.29, 0.717) is 17.9 Å². The lowest BCUT2D eigenvalue weighted by Crippen LogP contribution is -1.96. The molecule has 2 rings (SSSR count). The van der Waals surface area contributed by atoms with Gasteiger partial charge in [-0.2, -0.15) is 0 Å². The average Bonchev–Trinajstić information content (AvgIpc) is 2.49. The molecule has 0 aliphatic rings. The number of carbonyl (C=O) groups excluding carboxylic acids is 1. The van der Waals surface area contributed by atoms with E-state index >= 15 is 0 Å². The predicted molar refractivity (Wildman–Crippen MR) is 77.3 cm³/mol. The van der Waals surface area contributed by atoms with Crippen molar-refractivity contribution >= 4 is 11.9 Å². The van der Waals surface area contributed by atoms with Crippen LogP contribution in [0.1, 0.15) is 22.8 Å². The lowest BCUT2D eigenvalue weighted by atomic mass is 10.1. The molecule has 0 aromatic heterocycles. The van der Waals surface area contributed by atoms with Crippen molar-refractivity contribution < 1.29 is 18.3 Å². The van der Waals surface area contributed by atoms with Gasteiger partial charge in [0.2, 0.25) is 0 Å². The summed E-state index contributed by atoms with van der Waals surface area (Å²) >= 11 is 0. The molecule has 0 saturated heterocycles. The van der Waals surface area contributed by atoms with Gasteiger partial charge in [0.1, 0.15) is 5.75 Å². The summed E-state index contributed by atoms with van der Waals surface area (Å²) in [6.45, 7) is 2.42. The monoisotopic (exact) mass is 288 g/mol. The van der Waals surface area contributed by atoms with Crippen molar-refractivity contribution in [2.45, 2.75) is 6.92 Å². The quantitative estimate of drug-likeness (QED) is 0.607. The van der Waals surface area contributed by atoms with E-state index in [1.165, 1.54) is 24.3 Å². The Morgan fingerprint density at radius 3 is 2.52 bits per heavy atom. The maximum Gasteiger partial charge on any atom is 0.185 e. The number of rotatable bonds is 5. The van der Waals surface area contributed by atoms with Gasteiger partial charge in [-0.1, -0.05) is 12.1 Å². The standard InChI is InChI=1S/C17H14F2O2/c1-2-21-14-9-6-12(7-10-14)16(20)11-8-13-4-3-5-15(18)17(13)19/h3-11H,2H2,1H3/b11-8+. The van der Waals surface area contributed by atoms with Gasteiger partial charge >= 0.3 is 0 Å². The minimum atomic E-state index is -0.965. The van der Waals surface area contributed by atoms with E-state index in [9.17, 15) is 13.6 Å². The molecule has 0 aliphatic heterocycles. The van der Waals surface area contributed by atoms with Crippen molar-refractivity contribution in [2.75, 3.05) is 6.61 Å². The highest BCUT2D eigenvalue weighted by Crippen LogP contribution is 2.15. The van der Waals surface area contributed by atoms with Gasteiger partial charge in [-0.15, -0.1) is 0 Å². The zero-order valence-electron chi connectivity index (χ0n) is 11.5. The second-order valence-electron chi connectivity index (χ2n) is 4.30. The SMILES string of the molecule is CCOc1ccc(C(=O)/C=C/c2cccc(F)c2F)cc1. The highest BCUT2D eigenvalue weighted by molar-refractivity contribution is 6.06. The Bertz CT molecular complexity index is 661. The molecule has 2 aromatic rings. The summed E-state index contributed by atoms with van der Waals surface area (Å²) in [5.74, 6) is -1.52. The summed E-state index contributed by atoms with van der Waals surface area (Å²) in [4.78, 5) is 11.9. The predicted octanol–water partition coefficient (Wildman–Crippen LogP) is 4.26. The molecule has 0 aliphatic carbocycles. The Morgan fingerprint density at radius 1 is 1.14 bits per heavy atom. The van der Waals surface area contributed by atoms with Crippen LogP contribution >= 0.6 is 0 Å². The molecule has 0 heterocycles. The van der Waals surface area contributed by atoms with E-state index in [2.05, 4.69) is 0 Å². The molecule has 0 radical (unpaired) electrons. The zero-order valence-corrected chi connectivity index (χ0v) is 11.5. The minimum absolute atomic E-state index is 0.0364. The maximum absolute atomic E-state index is 13.4. The maximum atomic E-state index is 13.4. The minimum Gasteiger partial charge on any atom is -0.494 e. The van der Waals surface area contributed by atoms with E-state index in [4.69, 9.17) is 4.74 Å². The van der Waals surface area contributed by atoms with Crippen LogP contribution in [0.25, 0.3) is 6.08 Å². The molecule has 21 heavy (non-hydrogen) atoms. The molecule has 2 nitrogen and oxygen atoms in total. The van der Waals surface area contributed by atoms with E-state index in [1.54, 1.807) is 24.3 Å². The number of carbonyl (C=O) groups is 1. The van der Waals surface area contributed by atoms with Crippen molar-refractivity contribution in [1.82, 2.24) is 0 Å². The van der Waals surface area contributed by atoms with Gasteiger partial charge in [-0.3, -0.25) is 4.79 Å². The van der Waals surface area contributed by atoms with Crippen LogP contribution in [-0.4, -0.2) is 12.4 Å². The highest BCUT2D eigenvalue weighted by atomic mass is 19.2. The van der Waals surface area contributed by atoms with Gasteiger partial charge in [-0.05, 0) is 49.4 Å². The Hall–Kier alpha value is -2.49. The molecule has 0 saturated carbocycles. The normalized spacial score (nSPS) is 10.8. The van der Waals surface area contributed by atoms with Gasteiger partial charge in [-0.25, -0.2) is 8.78 Å². The second kappa shape index (κ2) is 6.79. The Morgan fingerprint density at radius 2 is 1.86 bits per heavy atom. The Kier molecular flexibility index (Phi) is 4.82. The van der Waals surface area contributed by atoms with Crippen LogP contribution < -0.4 is 4.74 Å². The Balaban J connectivity index is 2.13. The van der Waals surface area contributed by atoms with Gasteiger partial charge in [0.15, 0.2) is 17.4 Å². The van der Waals surface area contributed by atoms with Crippen molar-refractivity contribution in [3.05, 3.63) is 71.3 Å². The van der Waals surface area contributed by atoms with E-state index in [-0.39, 0.29) is 11.3 Å². The van der Waals surface area contributed by atoms with E-state index < -0.39 is 11.6 Å². The summed E-state index contributed by atoms with van der Waals surface area (Å²) in [7, 11) is 0. The first-order chi connectivity index (χ1) is 10.1. The molecular weight excluding hydrogens is 274 g/mol. The van der Waals surface area contributed by atoms with Crippen LogP contribution in [0.15, 0.2) is 48.5 Å². The van der Waals surface area contributed by atoms with Crippen LogP contribution in [0, 0.1) is 11.6 Å². The average molecular weight is 288 g/mol. The largest absolute Gasteiger partial charge is 0.494 e. The summed E-state index contributed by atoms with van der Waals surface area (Å²) < 4.78 is 31.8. The van der Waals surface area contributed by atoms with Gasteiger partial charge in [0, 0.05) is 11.1 Å².